The van der Waals surface area contributed by atoms with Gasteiger partial charge in [0.1, 0.15) is 5.75 Å². The Bertz CT molecular complexity index is 777. The van der Waals surface area contributed by atoms with Gasteiger partial charge in [0, 0.05) is 22.9 Å². The van der Waals surface area contributed by atoms with Crippen LogP contribution < -0.4 is 4.74 Å². The molecule has 1 fully saturated rings. The lowest BCUT2D eigenvalue weighted by Crippen LogP contribution is -2.39. The lowest BCUT2D eigenvalue weighted by Gasteiger charge is -2.27. The normalized spacial score (nSPS) is 16.1. The topological polar surface area (TPSA) is 41.9 Å². The van der Waals surface area contributed by atoms with Crippen molar-refractivity contribution >= 4 is 40.1 Å². The van der Waals surface area contributed by atoms with Crippen LogP contribution in [-0.2, 0) is 0 Å². The predicted octanol–water partition coefficient (Wildman–Crippen LogP) is 5.01. The van der Waals surface area contributed by atoms with Gasteiger partial charge in [-0.15, -0.1) is 0 Å². The number of amidine groups is 1. The number of nitrogens with zero attached hydrogens (tertiary/aromatic N) is 2. The molecule has 1 amide bonds. The molecule has 0 radical (unpaired) electrons. The van der Waals surface area contributed by atoms with Crippen molar-refractivity contribution in [2.24, 2.45) is 4.99 Å². The summed E-state index contributed by atoms with van der Waals surface area (Å²) in [4.78, 5) is 19.2. The van der Waals surface area contributed by atoms with Crippen LogP contribution in [-0.4, -0.2) is 34.9 Å². The summed E-state index contributed by atoms with van der Waals surface area (Å²) >= 11 is 7.62. The monoisotopic (exact) mass is 374 g/mol. The Morgan fingerprint density at radius 1 is 1.28 bits per heavy atom. The highest BCUT2D eigenvalue weighted by Gasteiger charge is 2.25. The van der Waals surface area contributed by atoms with Crippen LogP contribution in [0.2, 0.25) is 5.02 Å². The van der Waals surface area contributed by atoms with Gasteiger partial charge in [0.2, 0.25) is 0 Å². The van der Waals surface area contributed by atoms with Gasteiger partial charge in [0.25, 0.3) is 5.91 Å². The average Bonchev–Trinajstić information content (AvgIpc) is 2.63. The van der Waals surface area contributed by atoms with E-state index in [0.29, 0.717) is 23.7 Å². The van der Waals surface area contributed by atoms with E-state index in [1.165, 1.54) is 0 Å². The van der Waals surface area contributed by atoms with E-state index < -0.39 is 0 Å². The maximum Gasteiger partial charge on any atom is 0.259 e. The van der Waals surface area contributed by atoms with E-state index in [2.05, 4.69) is 4.99 Å². The molecule has 1 aliphatic heterocycles. The van der Waals surface area contributed by atoms with Gasteiger partial charge in [-0.2, -0.15) is 0 Å². The summed E-state index contributed by atoms with van der Waals surface area (Å²) in [6.45, 7) is 3.24. The highest BCUT2D eigenvalue weighted by molar-refractivity contribution is 8.13. The first-order chi connectivity index (χ1) is 12.2. The van der Waals surface area contributed by atoms with Crippen LogP contribution in [0, 0.1) is 0 Å². The summed E-state index contributed by atoms with van der Waals surface area (Å²) in [7, 11) is 0. The van der Waals surface area contributed by atoms with Crippen molar-refractivity contribution in [1.29, 1.82) is 0 Å². The molecule has 2 aromatic carbocycles. The Morgan fingerprint density at radius 3 is 2.80 bits per heavy atom. The first kappa shape index (κ1) is 17.8. The molecule has 0 spiro atoms. The molecule has 1 heterocycles. The Hall–Kier alpha value is -1.98. The van der Waals surface area contributed by atoms with Crippen LogP contribution in [0.4, 0.5) is 5.69 Å². The summed E-state index contributed by atoms with van der Waals surface area (Å²) in [6.07, 6.45) is 0.944. The number of carbonyl (C=O) groups is 1. The molecule has 0 saturated carbocycles. The highest BCUT2D eigenvalue weighted by atomic mass is 35.5. The fourth-order valence-corrected chi connectivity index (χ4v) is 3.66. The fourth-order valence-electron chi connectivity index (χ4n) is 2.51. The third kappa shape index (κ3) is 4.55. The largest absolute Gasteiger partial charge is 0.494 e. The number of ether oxygens (including phenoxy) is 1. The van der Waals surface area contributed by atoms with Crippen molar-refractivity contribution in [3.8, 4) is 5.75 Å². The van der Waals surface area contributed by atoms with E-state index >= 15 is 0 Å². The van der Waals surface area contributed by atoms with Gasteiger partial charge in [-0.1, -0.05) is 29.4 Å². The number of hydrogen-bond acceptors (Lipinski definition) is 4. The first-order valence-electron chi connectivity index (χ1n) is 8.19. The maximum absolute atomic E-state index is 12.8. The number of halogens is 1. The van der Waals surface area contributed by atoms with Gasteiger partial charge < -0.3 is 4.74 Å². The third-order valence-electron chi connectivity index (χ3n) is 3.68. The second kappa shape index (κ2) is 8.41. The van der Waals surface area contributed by atoms with Crippen molar-refractivity contribution in [2.45, 2.75) is 13.3 Å². The van der Waals surface area contributed by atoms with E-state index in [-0.39, 0.29) is 5.91 Å². The van der Waals surface area contributed by atoms with Crippen LogP contribution in [0.25, 0.3) is 0 Å². The molecule has 1 aliphatic rings. The van der Waals surface area contributed by atoms with Gasteiger partial charge in [0.15, 0.2) is 5.17 Å². The molecular weight excluding hydrogens is 356 g/mol. The number of rotatable bonds is 4. The lowest BCUT2D eigenvalue weighted by atomic mass is 10.2. The zero-order chi connectivity index (χ0) is 17.6. The molecule has 0 aliphatic carbocycles. The number of amides is 1. The molecule has 4 nitrogen and oxygen atoms in total. The molecule has 0 N–H and O–H groups in total. The molecule has 0 bridgehead atoms. The van der Waals surface area contributed by atoms with Crippen molar-refractivity contribution in [1.82, 2.24) is 4.90 Å². The summed E-state index contributed by atoms with van der Waals surface area (Å²) in [5.74, 6) is 1.70. The van der Waals surface area contributed by atoms with Gasteiger partial charge in [-0.3, -0.25) is 9.69 Å². The third-order valence-corrected chi connectivity index (χ3v) is 4.98. The predicted molar refractivity (Wildman–Crippen MR) is 104 cm³/mol. The fraction of sp³-hybridized carbons (Fsp3) is 0.263. The van der Waals surface area contributed by atoms with E-state index in [0.717, 1.165) is 28.8 Å². The average molecular weight is 375 g/mol. The Balaban J connectivity index is 1.84. The minimum Gasteiger partial charge on any atom is -0.494 e. The van der Waals surface area contributed by atoms with Crippen LogP contribution in [0.15, 0.2) is 53.5 Å². The highest BCUT2D eigenvalue weighted by Crippen LogP contribution is 2.26. The zero-order valence-corrected chi connectivity index (χ0v) is 15.5. The second-order valence-corrected chi connectivity index (χ2v) is 6.99. The van der Waals surface area contributed by atoms with Crippen LogP contribution in [0.1, 0.15) is 23.7 Å². The Morgan fingerprint density at radius 2 is 2.08 bits per heavy atom. The maximum atomic E-state index is 12.8. The van der Waals surface area contributed by atoms with Crippen LogP contribution in [0.3, 0.4) is 0 Å². The van der Waals surface area contributed by atoms with Crippen molar-refractivity contribution < 1.29 is 9.53 Å². The minimum atomic E-state index is -0.0700. The minimum absolute atomic E-state index is 0.0700. The molecule has 0 atom stereocenters. The van der Waals surface area contributed by atoms with E-state index in [1.807, 2.05) is 31.2 Å². The van der Waals surface area contributed by atoms with Crippen molar-refractivity contribution in [3.63, 3.8) is 0 Å². The molecule has 0 aromatic heterocycles. The molecule has 3 rings (SSSR count). The van der Waals surface area contributed by atoms with Crippen molar-refractivity contribution in [2.75, 3.05) is 18.9 Å². The molecule has 1 saturated heterocycles. The molecule has 0 unspecified atom stereocenters. The summed E-state index contributed by atoms with van der Waals surface area (Å²) in [5, 5.41) is 1.28. The van der Waals surface area contributed by atoms with E-state index in [1.54, 1.807) is 40.9 Å². The van der Waals surface area contributed by atoms with Gasteiger partial charge in [-0.25, -0.2) is 4.99 Å². The molecular formula is C19H19ClN2O2S. The Labute approximate surface area is 156 Å². The molecule has 6 heteroatoms. The quantitative estimate of drug-likeness (QED) is 0.755. The van der Waals surface area contributed by atoms with E-state index in [9.17, 15) is 4.79 Å². The summed E-state index contributed by atoms with van der Waals surface area (Å²) < 4.78 is 5.45. The first-order valence-corrected chi connectivity index (χ1v) is 9.55. The lowest BCUT2D eigenvalue weighted by molar-refractivity contribution is 0.0849. The van der Waals surface area contributed by atoms with Crippen LogP contribution >= 0.6 is 23.4 Å². The summed E-state index contributed by atoms with van der Waals surface area (Å²) in [6, 6.07) is 14.6. The SMILES string of the molecule is CCOc1ccc(N=C2SCCCN2C(=O)c2cccc(Cl)c2)cc1. The van der Waals surface area contributed by atoms with Crippen LogP contribution in [0.5, 0.6) is 5.75 Å². The number of carbonyl (C=O) groups excluding carboxylic acids is 1. The number of aliphatic imine (C=N–C) groups is 1. The number of benzene rings is 2. The molecule has 25 heavy (non-hydrogen) atoms. The van der Waals surface area contributed by atoms with Crippen molar-refractivity contribution in [3.05, 3.63) is 59.1 Å². The van der Waals surface area contributed by atoms with Gasteiger partial charge in [0.05, 0.1) is 12.3 Å². The molecule has 2 aromatic rings. The number of thioether (sulfide) groups is 1. The number of hydrogen-bond donors (Lipinski definition) is 0. The smallest absolute Gasteiger partial charge is 0.259 e. The molecule has 130 valence electrons. The second-order valence-electron chi connectivity index (χ2n) is 5.49. The van der Waals surface area contributed by atoms with Gasteiger partial charge in [-0.05, 0) is 55.8 Å². The van der Waals surface area contributed by atoms with E-state index in [4.69, 9.17) is 16.3 Å². The zero-order valence-electron chi connectivity index (χ0n) is 13.9. The summed E-state index contributed by atoms with van der Waals surface area (Å²) in [5.41, 5.74) is 1.38. The van der Waals surface area contributed by atoms with Gasteiger partial charge >= 0.3 is 0 Å². The standard InChI is InChI=1S/C19H19ClN2O2S/c1-2-24-17-9-7-16(8-10-17)21-19-22(11-4-12-25-19)18(23)14-5-3-6-15(20)13-14/h3,5-10,13H,2,4,11-12H2,1H3. The Kier molecular flexibility index (Phi) is 6.00.